The summed E-state index contributed by atoms with van der Waals surface area (Å²) in [7, 11) is 0. The van der Waals surface area contributed by atoms with Crippen molar-refractivity contribution in [1.82, 2.24) is 0 Å². The van der Waals surface area contributed by atoms with Crippen LogP contribution in [0.1, 0.15) is 50.5 Å². The maximum absolute atomic E-state index is 13.3. The number of hydrogen-bond acceptors (Lipinski definition) is 3. The van der Waals surface area contributed by atoms with Crippen LogP contribution in [0.4, 0.5) is 5.00 Å². The maximum atomic E-state index is 13.3. The number of carbonyl (C=O) groups is 2. The van der Waals surface area contributed by atoms with Crippen LogP contribution >= 0.6 is 11.3 Å². The van der Waals surface area contributed by atoms with E-state index in [1.54, 1.807) is 11.3 Å². The second-order valence-corrected chi connectivity index (χ2v) is 8.67. The average molecular weight is 406 g/mol. The lowest BCUT2D eigenvalue weighted by molar-refractivity contribution is -0.690. The molecule has 4 rings (SSSR count). The van der Waals surface area contributed by atoms with Crippen LogP contribution in [0.5, 0.6) is 0 Å². The van der Waals surface area contributed by atoms with Crippen LogP contribution in [0.2, 0.25) is 0 Å². The van der Waals surface area contributed by atoms with Crippen molar-refractivity contribution in [3.63, 3.8) is 0 Å². The van der Waals surface area contributed by atoms with E-state index < -0.39 is 0 Å². The third-order valence-electron chi connectivity index (χ3n) is 5.61. The summed E-state index contributed by atoms with van der Waals surface area (Å²) in [6.07, 6.45) is 6.03. The van der Waals surface area contributed by atoms with Crippen LogP contribution in [0.3, 0.4) is 0 Å². The van der Waals surface area contributed by atoms with Gasteiger partial charge in [-0.25, -0.2) is 0 Å². The minimum absolute atomic E-state index is 0.000288. The molecular formula is C24H25N2O2S+. The molecule has 0 spiro atoms. The van der Waals surface area contributed by atoms with Gasteiger partial charge >= 0.3 is 0 Å². The number of rotatable bonds is 5. The van der Waals surface area contributed by atoms with Crippen LogP contribution in [0, 0.1) is 13.8 Å². The van der Waals surface area contributed by atoms with Crippen molar-refractivity contribution < 1.29 is 14.2 Å². The number of aryl methyl sites for hydroxylation is 2. The summed E-state index contributed by atoms with van der Waals surface area (Å²) in [5.41, 5.74) is 4.69. The lowest BCUT2D eigenvalue weighted by Gasteiger charge is -2.12. The number of nitrogens with zero attached hydrogens (tertiary/aromatic N) is 1. The van der Waals surface area contributed by atoms with Crippen LogP contribution in [0.25, 0.3) is 0 Å². The minimum Gasteiger partial charge on any atom is -0.312 e. The molecule has 5 heteroatoms. The molecule has 0 bridgehead atoms. The second kappa shape index (κ2) is 8.29. The fraction of sp³-hybridized carbons (Fsp3) is 0.292. The molecule has 4 nitrogen and oxygen atoms in total. The molecule has 148 valence electrons. The third-order valence-corrected chi connectivity index (χ3v) is 6.82. The predicted molar refractivity (Wildman–Crippen MR) is 116 cm³/mol. The first-order valence-corrected chi connectivity index (χ1v) is 10.9. The Labute approximate surface area is 175 Å². The number of benzene rings is 1. The fourth-order valence-electron chi connectivity index (χ4n) is 3.87. The number of carbonyl (C=O) groups excluding carboxylic acids is 2. The van der Waals surface area contributed by atoms with Crippen molar-refractivity contribution in [1.29, 1.82) is 0 Å². The molecule has 0 unspecified atom stereocenters. The molecule has 0 saturated carbocycles. The van der Waals surface area contributed by atoms with Crippen molar-refractivity contribution in [2.24, 2.45) is 0 Å². The highest BCUT2D eigenvalue weighted by Crippen LogP contribution is 2.39. The molecule has 29 heavy (non-hydrogen) atoms. The number of fused-ring (bicyclic) bond motifs is 1. The van der Waals surface area contributed by atoms with Gasteiger partial charge in [0, 0.05) is 29.0 Å². The Morgan fingerprint density at radius 3 is 2.59 bits per heavy atom. The van der Waals surface area contributed by atoms with Crippen molar-refractivity contribution in [3.05, 3.63) is 81.5 Å². The minimum atomic E-state index is -0.107. The van der Waals surface area contributed by atoms with Crippen molar-refractivity contribution in [3.8, 4) is 0 Å². The summed E-state index contributed by atoms with van der Waals surface area (Å²) in [5.74, 6) is -0.107. The number of amides is 1. The first-order valence-electron chi connectivity index (χ1n) is 10.0. The molecule has 1 aliphatic rings. The molecule has 2 heterocycles. The van der Waals surface area contributed by atoms with E-state index >= 15 is 0 Å². The van der Waals surface area contributed by atoms with Crippen molar-refractivity contribution in [2.45, 2.75) is 46.1 Å². The van der Waals surface area contributed by atoms with E-state index in [-0.39, 0.29) is 18.2 Å². The summed E-state index contributed by atoms with van der Waals surface area (Å²) < 4.78 is 1.94. The molecule has 3 aromatic rings. The molecule has 0 fully saturated rings. The zero-order chi connectivity index (χ0) is 20.4. The molecule has 0 radical (unpaired) electrons. The fourth-order valence-corrected chi connectivity index (χ4v) is 5.17. The summed E-state index contributed by atoms with van der Waals surface area (Å²) in [6.45, 7) is 4.28. The first-order chi connectivity index (χ1) is 14.0. The number of pyridine rings is 1. The highest BCUT2D eigenvalue weighted by molar-refractivity contribution is 7.17. The van der Waals surface area contributed by atoms with E-state index in [4.69, 9.17) is 0 Å². The maximum Gasteiger partial charge on any atom is 0.290 e. The topological polar surface area (TPSA) is 50.0 Å². The van der Waals surface area contributed by atoms with Gasteiger partial charge < -0.3 is 5.32 Å². The monoisotopic (exact) mass is 405 g/mol. The van der Waals surface area contributed by atoms with Gasteiger partial charge in [0.15, 0.2) is 17.7 Å². The first kappa shape index (κ1) is 19.5. The van der Waals surface area contributed by atoms with Gasteiger partial charge in [0.1, 0.15) is 5.00 Å². The summed E-state index contributed by atoms with van der Waals surface area (Å²) in [6, 6.07) is 13.3. The van der Waals surface area contributed by atoms with Crippen LogP contribution in [-0.4, -0.2) is 11.7 Å². The van der Waals surface area contributed by atoms with E-state index in [9.17, 15) is 9.59 Å². The lowest BCUT2D eigenvalue weighted by Crippen LogP contribution is -2.43. The SMILES string of the molecule is Cc1ccc[n+](CC(=O)Nc2sc3c(c2C(=O)c2ccccc2)CCCC3)c1C. The van der Waals surface area contributed by atoms with Gasteiger partial charge in [-0.2, -0.15) is 4.57 Å². The largest absolute Gasteiger partial charge is 0.312 e. The highest BCUT2D eigenvalue weighted by atomic mass is 32.1. The van der Waals surface area contributed by atoms with Crippen molar-refractivity contribution in [2.75, 3.05) is 5.32 Å². The molecule has 2 aromatic heterocycles. The van der Waals surface area contributed by atoms with Gasteiger partial charge in [-0.15, -0.1) is 11.3 Å². The smallest absolute Gasteiger partial charge is 0.290 e. The predicted octanol–water partition coefficient (Wildman–Crippen LogP) is 4.40. The normalized spacial score (nSPS) is 13.0. The molecule has 1 aliphatic carbocycles. The van der Waals surface area contributed by atoms with Gasteiger partial charge in [-0.1, -0.05) is 30.3 Å². The van der Waals surface area contributed by atoms with Crippen LogP contribution in [0.15, 0.2) is 48.7 Å². The Morgan fingerprint density at radius 2 is 1.79 bits per heavy atom. The zero-order valence-electron chi connectivity index (χ0n) is 16.8. The molecule has 1 N–H and O–H groups in total. The Kier molecular flexibility index (Phi) is 5.58. The van der Waals surface area contributed by atoms with E-state index in [1.165, 1.54) is 4.88 Å². The number of ketones is 1. The summed E-state index contributed by atoms with van der Waals surface area (Å²) in [5, 5.41) is 3.75. The Morgan fingerprint density at radius 1 is 1.03 bits per heavy atom. The number of thiophene rings is 1. The number of nitrogens with one attached hydrogen (secondary N) is 1. The number of aromatic nitrogens is 1. The third kappa shape index (κ3) is 4.01. The standard InChI is InChI=1S/C24H24N2O2S/c1-16-9-8-14-26(17(16)2)15-21(27)25-24-22(19-12-6-7-13-20(19)29-24)23(28)18-10-4-3-5-11-18/h3-5,8-11,14H,6-7,12-13,15H2,1-2H3/p+1. The average Bonchev–Trinajstić information content (AvgIpc) is 3.09. The van der Waals surface area contributed by atoms with Crippen molar-refractivity contribution >= 4 is 28.0 Å². The molecular weight excluding hydrogens is 380 g/mol. The molecule has 1 amide bonds. The van der Waals surface area contributed by atoms with Gasteiger partial charge in [-0.05, 0) is 44.2 Å². The molecule has 0 atom stereocenters. The van der Waals surface area contributed by atoms with Gasteiger partial charge in [0.2, 0.25) is 6.54 Å². The summed E-state index contributed by atoms with van der Waals surface area (Å²) >= 11 is 1.57. The van der Waals surface area contributed by atoms with E-state index in [1.807, 2.05) is 67.1 Å². The Bertz CT molecular complexity index is 1070. The summed E-state index contributed by atoms with van der Waals surface area (Å²) in [4.78, 5) is 27.4. The number of anilines is 1. The molecule has 0 saturated heterocycles. The van der Waals surface area contributed by atoms with E-state index in [2.05, 4.69) is 5.32 Å². The Hall–Kier alpha value is -2.79. The molecule has 0 aliphatic heterocycles. The number of hydrogen-bond donors (Lipinski definition) is 1. The van der Waals surface area contributed by atoms with Crippen LogP contribution < -0.4 is 9.88 Å². The Balaban J connectivity index is 1.65. The molecule has 1 aromatic carbocycles. The van der Waals surface area contributed by atoms with Gasteiger partial charge in [-0.3, -0.25) is 9.59 Å². The lowest BCUT2D eigenvalue weighted by atomic mass is 9.92. The van der Waals surface area contributed by atoms with Gasteiger partial charge in [0.05, 0.1) is 5.56 Å². The second-order valence-electron chi connectivity index (χ2n) is 7.56. The van der Waals surface area contributed by atoms with Crippen LogP contribution in [-0.2, 0) is 24.2 Å². The van der Waals surface area contributed by atoms with Gasteiger partial charge in [0.25, 0.3) is 5.91 Å². The quantitative estimate of drug-likeness (QED) is 0.505. The highest BCUT2D eigenvalue weighted by Gasteiger charge is 2.27. The van der Waals surface area contributed by atoms with E-state index in [0.717, 1.165) is 42.5 Å². The zero-order valence-corrected chi connectivity index (χ0v) is 17.6. The van der Waals surface area contributed by atoms with E-state index in [0.29, 0.717) is 16.1 Å².